The summed E-state index contributed by atoms with van der Waals surface area (Å²) in [6.07, 6.45) is 6.41. The number of aryl methyl sites for hydroxylation is 3. The first-order valence-corrected chi connectivity index (χ1v) is 7.70. The van der Waals surface area contributed by atoms with Gasteiger partial charge in [-0.05, 0) is 19.1 Å². The standard InChI is InChI=1S/C17H16N6O2/c1-10-13-6-12(7-18-16(13)23(3)20-10)19-17(24)14-8-22(2)21-15(14)11-4-5-25-9-11/h4-9H,1-3H3,(H,19,24). The smallest absolute Gasteiger partial charge is 0.259 e. The maximum atomic E-state index is 12.7. The molecule has 0 saturated heterocycles. The molecule has 0 aromatic carbocycles. The van der Waals surface area contributed by atoms with Crippen LogP contribution in [0.2, 0.25) is 0 Å². The Bertz CT molecular complexity index is 1070. The molecule has 1 amide bonds. The van der Waals surface area contributed by atoms with E-state index in [-0.39, 0.29) is 5.91 Å². The molecule has 0 fully saturated rings. The van der Waals surface area contributed by atoms with Crippen molar-refractivity contribution in [3.63, 3.8) is 0 Å². The normalized spacial score (nSPS) is 11.2. The first-order valence-electron chi connectivity index (χ1n) is 7.70. The second kappa shape index (κ2) is 5.59. The van der Waals surface area contributed by atoms with Crippen molar-refractivity contribution >= 4 is 22.6 Å². The predicted octanol–water partition coefficient (Wildman–Crippen LogP) is 2.52. The lowest BCUT2D eigenvalue weighted by Gasteiger charge is -2.05. The number of carbonyl (C=O) groups excluding carboxylic acids is 1. The van der Waals surface area contributed by atoms with Crippen LogP contribution < -0.4 is 5.32 Å². The van der Waals surface area contributed by atoms with E-state index in [1.165, 1.54) is 0 Å². The van der Waals surface area contributed by atoms with E-state index in [1.54, 1.807) is 47.4 Å². The lowest BCUT2D eigenvalue weighted by atomic mass is 10.1. The maximum Gasteiger partial charge on any atom is 0.259 e. The van der Waals surface area contributed by atoms with Gasteiger partial charge in [-0.2, -0.15) is 10.2 Å². The summed E-state index contributed by atoms with van der Waals surface area (Å²) in [7, 11) is 3.61. The van der Waals surface area contributed by atoms with Crippen LogP contribution >= 0.6 is 0 Å². The van der Waals surface area contributed by atoms with Gasteiger partial charge in [-0.3, -0.25) is 14.2 Å². The lowest BCUT2D eigenvalue weighted by molar-refractivity contribution is 0.102. The summed E-state index contributed by atoms with van der Waals surface area (Å²) in [6.45, 7) is 1.91. The number of rotatable bonds is 3. The number of carbonyl (C=O) groups is 1. The Labute approximate surface area is 143 Å². The molecule has 8 heteroatoms. The molecule has 25 heavy (non-hydrogen) atoms. The van der Waals surface area contributed by atoms with E-state index in [9.17, 15) is 4.79 Å². The molecule has 0 atom stereocenters. The largest absolute Gasteiger partial charge is 0.472 e. The summed E-state index contributed by atoms with van der Waals surface area (Å²) in [4.78, 5) is 17.1. The summed E-state index contributed by atoms with van der Waals surface area (Å²) in [5.74, 6) is -0.257. The number of anilines is 1. The molecule has 4 heterocycles. The van der Waals surface area contributed by atoms with Gasteiger partial charge in [-0.25, -0.2) is 4.98 Å². The number of hydrogen-bond donors (Lipinski definition) is 1. The van der Waals surface area contributed by atoms with Crippen molar-refractivity contribution in [1.29, 1.82) is 0 Å². The van der Waals surface area contributed by atoms with Crippen molar-refractivity contribution in [3.05, 3.63) is 48.3 Å². The van der Waals surface area contributed by atoms with Gasteiger partial charge in [-0.15, -0.1) is 0 Å². The van der Waals surface area contributed by atoms with Crippen LogP contribution in [0, 0.1) is 6.92 Å². The summed E-state index contributed by atoms with van der Waals surface area (Å²) in [6, 6.07) is 3.64. The third-order valence-electron chi connectivity index (χ3n) is 3.99. The molecule has 0 unspecified atom stereocenters. The van der Waals surface area contributed by atoms with E-state index in [0.29, 0.717) is 16.9 Å². The van der Waals surface area contributed by atoms with Crippen LogP contribution in [-0.2, 0) is 14.1 Å². The van der Waals surface area contributed by atoms with Crippen molar-refractivity contribution in [2.45, 2.75) is 6.92 Å². The quantitative estimate of drug-likeness (QED) is 0.621. The first-order chi connectivity index (χ1) is 12.0. The molecule has 0 spiro atoms. The summed E-state index contributed by atoms with van der Waals surface area (Å²) in [5.41, 5.74) is 4.03. The molecule has 4 aromatic heterocycles. The highest BCUT2D eigenvalue weighted by atomic mass is 16.3. The van der Waals surface area contributed by atoms with Crippen molar-refractivity contribution in [2.24, 2.45) is 14.1 Å². The minimum absolute atomic E-state index is 0.257. The monoisotopic (exact) mass is 336 g/mol. The topological polar surface area (TPSA) is 90.8 Å². The Kier molecular flexibility index (Phi) is 3.38. The molecule has 0 aliphatic carbocycles. The van der Waals surface area contributed by atoms with Gasteiger partial charge in [0.15, 0.2) is 5.65 Å². The third-order valence-corrected chi connectivity index (χ3v) is 3.99. The molecule has 0 radical (unpaired) electrons. The molecular formula is C17H16N6O2. The Morgan fingerprint density at radius 2 is 2.12 bits per heavy atom. The highest BCUT2D eigenvalue weighted by Gasteiger charge is 2.18. The minimum Gasteiger partial charge on any atom is -0.472 e. The Morgan fingerprint density at radius 3 is 2.88 bits per heavy atom. The van der Waals surface area contributed by atoms with Gasteiger partial charge >= 0.3 is 0 Å². The molecular weight excluding hydrogens is 320 g/mol. The van der Waals surface area contributed by atoms with Gasteiger partial charge in [0.1, 0.15) is 5.69 Å². The van der Waals surface area contributed by atoms with E-state index in [4.69, 9.17) is 4.42 Å². The summed E-state index contributed by atoms with van der Waals surface area (Å²) in [5, 5.41) is 12.5. The maximum absolute atomic E-state index is 12.7. The molecule has 0 saturated carbocycles. The zero-order valence-electron chi connectivity index (χ0n) is 14.0. The van der Waals surface area contributed by atoms with E-state index in [2.05, 4.69) is 20.5 Å². The van der Waals surface area contributed by atoms with Crippen molar-refractivity contribution in [3.8, 4) is 11.3 Å². The van der Waals surface area contributed by atoms with E-state index < -0.39 is 0 Å². The van der Waals surface area contributed by atoms with Crippen LogP contribution in [0.1, 0.15) is 16.1 Å². The summed E-state index contributed by atoms with van der Waals surface area (Å²) < 4.78 is 8.41. The number of pyridine rings is 1. The second-order valence-electron chi connectivity index (χ2n) is 5.84. The SMILES string of the molecule is Cc1nn(C)c2ncc(NC(=O)c3cn(C)nc3-c3ccoc3)cc12. The molecule has 4 aromatic rings. The zero-order chi connectivity index (χ0) is 17.6. The molecule has 0 aliphatic rings. The van der Waals surface area contributed by atoms with Crippen LogP contribution in [0.3, 0.4) is 0 Å². The van der Waals surface area contributed by atoms with Gasteiger partial charge in [0.25, 0.3) is 5.91 Å². The van der Waals surface area contributed by atoms with Crippen LogP contribution in [0.4, 0.5) is 5.69 Å². The highest BCUT2D eigenvalue weighted by molar-refractivity contribution is 6.08. The van der Waals surface area contributed by atoms with E-state index in [1.807, 2.05) is 20.0 Å². The summed E-state index contributed by atoms with van der Waals surface area (Å²) >= 11 is 0. The fourth-order valence-corrected chi connectivity index (χ4v) is 2.84. The lowest BCUT2D eigenvalue weighted by Crippen LogP contribution is -2.12. The van der Waals surface area contributed by atoms with Crippen LogP contribution in [0.5, 0.6) is 0 Å². The van der Waals surface area contributed by atoms with Crippen molar-refractivity contribution < 1.29 is 9.21 Å². The predicted molar refractivity (Wildman–Crippen MR) is 92.1 cm³/mol. The number of hydrogen-bond acceptors (Lipinski definition) is 5. The van der Waals surface area contributed by atoms with Gasteiger partial charge < -0.3 is 9.73 Å². The molecule has 1 N–H and O–H groups in total. The Hall–Kier alpha value is -3.42. The average Bonchev–Trinajstić information content (AvgIpc) is 3.28. The molecule has 8 nitrogen and oxygen atoms in total. The fourth-order valence-electron chi connectivity index (χ4n) is 2.84. The number of fused-ring (bicyclic) bond motifs is 1. The second-order valence-corrected chi connectivity index (χ2v) is 5.84. The third kappa shape index (κ3) is 2.57. The number of furan rings is 1. The number of nitrogens with zero attached hydrogens (tertiary/aromatic N) is 5. The Balaban J connectivity index is 1.68. The van der Waals surface area contributed by atoms with Gasteiger partial charge in [0.05, 0.1) is 35.7 Å². The van der Waals surface area contributed by atoms with E-state index >= 15 is 0 Å². The van der Waals surface area contributed by atoms with Crippen molar-refractivity contribution in [1.82, 2.24) is 24.5 Å². The van der Waals surface area contributed by atoms with Gasteiger partial charge in [0, 0.05) is 31.2 Å². The van der Waals surface area contributed by atoms with Gasteiger partial charge in [0.2, 0.25) is 0 Å². The van der Waals surface area contributed by atoms with Crippen LogP contribution in [0.25, 0.3) is 22.3 Å². The first kappa shape index (κ1) is 15.1. The minimum atomic E-state index is -0.257. The highest BCUT2D eigenvalue weighted by Crippen LogP contribution is 2.24. The molecule has 0 aliphatic heterocycles. The van der Waals surface area contributed by atoms with E-state index in [0.717, 1.165) is 22.3 Å². The fraction of sp³-hybridized carbons (Fsp3) is 0.176. The number of aromatic nitrogens is 5. The molecule has 126 valence electrons. The van der Waals surface area contributed by atoms with Gasteiger partial charge in [-0.1, -0.05) is 0 Å². The molecule has 4 rings (SSSR count). The number of amides is 1. The molecule has 0 bridgehead atoms. The number of nitrogens with one attached hydrogen (secondary N) is 1. The zero-order valence-corrected chi connectivity index (χ0v) is 14.0. The van der Waals surface area contributed by atoms with Crippen molar-refractivity contribution in [2.75, 3.05) is 5.32 Å². The average molecular weight is 336 g/mol. The van der Waals surface area contributed by atoms with Crippen LogP contribution in [0.15, 0.2) is 41.5 Å². The Morgan fingerprint density at radius 1 is 1.28 bits per heavy atom. The van der Waals surface area contributed by atoms with Crippen LogP contribution in [-0.4, -0.2) is 30.5 Å².